The zero-order valence-electron chi connectivity index (χ0n) is 7.89. The van der Waals surface area contributed by atoms with Crippen molar-refractivity contribution in [2.24, 2.45) is 0 Å². The molecule has 1 atom stereocenters. The van der Waals surface area contributed by atoms with Gasteiger partial charge in [-0.3, -0.25) is 4.79 Å². The van der Waals surface area contributed by atoms with Crippen molar-refractivity contribution < 1.29 is 13.6 Å². The van der Waals surface area contributed by atoms with Crippen LogP contribution in [0, 0.1) is 11.6 Å². The summed E-state index contributed by atoms with van der Waals surface area (Å²) >= 11 is 0. The Labute approximate surface area is 85.5 Å². The first kappa shape index (κ1) is 9.89. The lowest BCUT2D eigenvalue weighted by Crippen LogP contribution is -2.29. The van der Waals surface area contributed by atoms with E-state index in [1.807, 2.05) is 0 Å². The van der Waals surface area contributed by atoms with Crippen molar-refractivity contribution in [2.45, 2.75) is 12.5 Å². The van der Waals surface area contributed by atoms with E-state index in [9.17, 15) is 13.6 Å². The molecule has 0 aliphatic carbocycles. The zero-order valence-corrected chi connectivity index (χ0v) is 7.89. The number of hydrogen-bond acceptors (Lipinski definition) is 2. The Balaban J connectivity index is 2.10. The molecule has 0 aromatic heterocycles. The molecule has 1 amide bonds. The summed E-state index contributed by atoms with van der Waals surface area (Å²) < 4.78 is 25.4. The summed E-state index contributed by atoms with van der Waals surface area (Å²) in [5.41, 5.74) is 0.413. The van der Waals surface area contributed by atoms with Gasteiger partial charge in [0.25, 0.3) is 0 Å². The maximum atomic E-state index is 12.8. The normalized spacial score (nSPS) is 20.1. The van der Waals surface area contributed by atoms with Gasteiger partial charge >= 0.3 is 0 Å². The highest BCUT2D eigenvalue weighted by molar-refractivity contribution is 5.86. The molecule has 1 aromatic carbocycles. The van der Waals surface area contributed by atoms with E-state index in [1.165, 1.54) is 6.07 Å². The second-order valence-electron chi connectivity index (χ2n) is 3.41. The van der Waals surface area contributed by atoms with Crippen molar-refractivity contribution in [3.63, 3.8) is 0 Å². The summed E-state index contributed by atoms with van der Waals surface area (Å²) in [6, 6.07) is 3.13. The lowest BCUT2D eigenvalue weighted by Gasteiger charge is -2.11. The van der Waals surface area contributed by atoms with Crippen molar-refractivity contribution in [1.82, 2.24) is 5.32 Å². The van der Waals surface area contributed by atoms with E-state index in [-0.39, 0.29) is 11.9 Å². The summed E-state index contributed by atoms with van der Waals surface area (Å²) in [5, 5.41) is 5.49. The molecule has 0 radical (unpaired) electrons. The highest BCUT2D eigenvalue weighted by Crippen LogP contribution is 2.15. The molecule has 1 heterocycles. The number of amides is 1. The van der Waals surface area contributed by atoms with E-state index in [2.05, 4.69) is 10.6 Å². The molecule has 1 fully saturated rings. The Morgan fingerprint density at radius 1 is 1.33 bits per heavy atom. The fourth-order valence-electron chi connectivity index (χ4n) is 1.52. The van der Waals surface area contributed by atoms with Crippen LogP contribution < -0.4 is 10.6 Å². The Hall–Kier alpha value is -1.65. The maximum absolute atomic E-state index is 12.8. The first-order chi connectivity index (χ1) is 7.16. The van der Waals surface area contributed by atoms with Crippen LogP contribution in [0.25, 0.3) is 0 Å². The van der Waals surface area contributed by atoms with Gasteiger partial charge in [0.2, 0.25) is 5.91 Å². The third-order valence-corrected chi connectivity index (χ3v) is 2.31. The number of rotatable bonds is 2. The molecule has 0 bridgehead atoms. The Bertz CT molecular complexity index is 395. The fourth-order valence-corrected chi connectivity index (χ4v) is 1.52. The average Bonchev–Trinajstić information content (AvgIpc) is 2.59. The third kappa shape index (κ3) is 2.06. The molecule has 0 unspecified atom stereocenters. The van der Waals surface area contributed by atoms with Gasteiger partial charge in [-0.05, 0) is 18.6 Å². The summed E-state index contributed by atoms with van der Waals surface area (Å²) in [6.07, 6.45) is 0.651. The van der Waals surface area contributed by atoms with Crippen molar-refractivity contribution in [1.29, 1.82) is 0 Å². The van der Waals surface area contributed by atoms with Crippen LogP contribution in [0.5, 0.6) is 0 Å². The van der Waals surface area contributed by atoms with E-state index in [4.69, 9.17) is 0 Å². The zero-order chi connectivity index (χ0) is 10.8. The summed E-state index contributed by atoms with van der Waals surface area (Å²) in [5.74, 6) is -1.92. The minimum Gasteiger partial charge on any atom is -0.374 e. The van der Waals surface area contributed by atoms with Gasteiger partial charge in [-0.15, -0.1) is 0 Å². The average molecular weight is 212 g/mol. The number of nitrogens with one attached hydrogen (secondary N) is 2. The smallest absolute Gasteiger partial charge is 0.242 e. The molecule has 1 saturated heterocycles. The highest BCUT2D eigenvalue weighted by atomic mass is 19.2. The summed E-state index contributed by atoms with van der Waals surface area (Å²) in [6.45, 7) is 0.611. The highest BCUT2D eigenvalue weighted by Gasteiger charge is 2.23. The molecule has 1 aliphatic rings. The minimum atomic E-state index is -0.918. The molecule has 15 heavy (non-hydrogen) atoms. The Morgan fingerprint density at radius 2 is 2.13 bits per heavy atom. The monoisotopic (exact) mass is 212 g/mol. The van der Waals surface area contributed by atoms with E-state index in [1.54, 1.807) is 0 Å². The summed E-state index contributed by atoms with van der Waals surface area (Å²) in [4.78, 5) is 11.2. The third-order valence-electron chi connectivity index (χ3n) is 2.31. The molecule has 3 nitrogen and oxygen atoms in total. The molecule has 1 aliphatic heterocycles. The molecule has 2 rings (SSSR count). The van der Waals surface area contributed by atoms with Crippen molar-refractivity contribution in [3.8, 4) is 0 Å². The molecular formula is C10H10F2N2O. The predicted molar refractivity (Wildman–Crippen MR) is 51.4 cm³/mol. The van der Waals surface area contributed by atoms with E-state index in [0.717, 1.165) is 12.1 Å². The van der Waals surface area contributed by atoms with Crippen molar-refractivity contribution >= 4 is 11.6 Å². The van der Waals surface area contributed by atoms with E-state index >= 15 is 0 Å². The van der Waals surface area contributed by atoms with Crippen LogP contribution >= 0.6 is 0 Å². The number of carbonyl (C=O) groups is 1. The van der Waals surface area contributed by atoms with Crippen LogP contribution in [0.15, 0.2) is 18.2 Å². The molecule has 1 aromatic rings. The van der Waals surface area contributed by atoms with E-state index in [0.29, 0.717) is 18.7 Å². The van der Waals surface area contributed by atoms with Gasteiger partial charge in [-0.2, -0.15) is 0 Å². The van der Waals surface area contributed by atoms with E-state index < -0.39 is 11.6 Å². The molecule has 0 saturated carbocycles. The van der Waals surface area contributed by atoms with Gasteiger partial charge < -0.3 is 10.6 Å². The topological polar surface area (TPSA) is 41.1 Å². The Kier molecular flexibility index (Phi) is 2.53. The van der Waals surface area contributed by atoms with Gasteiger partial charge in [0, 0.05) is 18.3 Å². The van der Waals surface area contributed by atoms with Crippen LogP contribution in [0.3, 0.4) is 0 Å². The number of carbonyl (C=O) groups excluding carboxylic acids is 1. The SMILES string of the molecule is O=C1NCC[C@@H]1Nc1ccc(F)c(F)c1. The van der Waals surface area contributed by atoms with Crippen LogP contribution in [0.4, 0.5) is 14.5 Å². The summed E-state index contributed by atoms with van der Waals surface area (Å²) in [7, 11) is 0. The van der Waals surface area contributed by atoms with Crippen LogP contribution in [-0.4, -0.2) is 18.5 Å². The maximum Gasteiger partial charge on any atom is 0.242 e. The second-order valence-corrected chi connectivity index (χ2v) is 3.41. The predicted octanol–water partition coefficient (Wildman–Crippen LogP) is 1.27. The first-order valence-electron chi connectivity index (χ1n) is 4.66. The standard InChI is InChI=1S/C10H10F2N2O/c11-7-2-1-6(5-8(7)12)14-9-3-4-13-10(9)15/h1-2,5,9,14H,3-4H2,(H,13,15)/t9-/m0/s1. The minimum absolute atomic E-state index is 0.111. The molecule has 5 heteroatoms. The molecular weight excluding hydrogens is 202 g/mol. The quantitative estimate of drug-likeness (QED) is 0.775. The number of benzene rings is 1. The van der Waals surface area contributed by atoms with Gasteiger partial charge in [0.1, 0.15) is 6.04 Å². The van der Waals surface area contributed by atoms with Crippen LogP contribution in [0.1, 0.15) is 6.42 Å². The molecule has 2 N–H and O–H groups in total. The number of hydrogen-bond donors (Lipinski definition) is 2. The fraction of sp³-hybridized carbons (Fsp3) is 0.300. The van der Waals surface area contributed by atoms with Crippen molar-refractivity contribution in [2.75, 3.05) is 11.9 Å². The van der Waals surface area contributed by atoms with Crippen LogP contribution in [-0.2, 0) is 4.79 Å². The van der Waals surface area contributed by atoms with Gasteiger partial charge in [-0.25, -0.2) is 8.78 Å². The largest absolute Gasteiger partial charge is 0.374 e. The first-order valence-corrected chi connectivity index (χ1v) is 4.66. The lowest BCUT2D eigenvalue weighted by atomic mass is 10.2. The lowest BCUT2D eigenvalue weighted by molar-refractivity contribution is -0.119. The second kappa shape index (κ2) is 3.84. The molecule has 0 spiro atoms. The van der Waals surface area contributed by atoms with Gasteiger partial charge in [0.15, 0.2) is 11.6 Å². The molecule has 80 valence electrons. The number of anilines is 1. The Morgan fingerprint density at radius 3 is 2.73 bits per heavy atom. The van der Waals surface area contributed by atoms with Gasteiger partial charge in [-0.1, -0.05) is 0 Å². The number of halogens is 2. The van der Waals surface area contributed by atoms with Crippen LogP contribution in [0.2, 0.25) is 0 Å². The van der Waals surface area contributed by atoms with Gasteiger partial charge in [0.05, 0.1) is 0 Å². The van der Waals surface area contributed by atoms with Crippen molar-refractivity contribution in [3.05, 3.63) is 29.8 Å².